The topological polar surface area (TPSA) is 77.8 Å². The molecule has 0 aromatic heterocycles. The van der Waals surface area contributed by atoms with Crippen LogP contribution < -0.4 is 0 Å². The predicted octanol–water partition coefficient (Wildman–Crippen LogP) is 1.11. The standard InChI is InChI=1S/C11H16F3NO4S/c12-11(13,14)10(19)2-4-15(5-3-10)8(16)1-6-20-7-9(17)18/h19H,1-7H2,(H,17,18). The van der Waals surface area contributed by atoms with Gasteiger partial charge in [0, 0.05) is 38.1 Å². The van der Waals surface area contributed by atoms with Crippen molar-refractivity contribution in [2.45, 2.75) is 31.0 Å². The maximum absolute atomic E-state index is 12.6. The third-order valence-corrected chi connectivity index (χ3v) is 4.10. The van der Waals surface area contributed by atoms with E-state index in [9.17, 15) is 27.9 Å². The number of hydrogen-bond donors (Lipinski definition) is 2. The molecule has 1 heterocycles. The highest BCUT2D eigenvalue weighted by molar-refractivity contribution is 7.99. The van der Waals surface area contributed by atoms with E-state index in [4.69, 9.17) is 5.11 Å². The smallest absolute Gasteiger partial charge is 0.417 e. The van der Waals surface area contributed by atoms with Gasteiger partial charge in [-0.3, -0.25) is 9.59 Å². The molecule has 1 aliphatic rings. The number of piperidine rings is 1. The average Bonchev–Trinajstić information content (AvgIpc) is 2.33. The zero-order valence-corrected chi connectivity index (χ0v) is 11.5. The monoisotopic (exact) mass is 315 g/mol. The lowest BCUT2D eigenvalue weighted by Crippen LogP contribution is -2.54. The molecule has 0 saturated carbocycles. The fourth-order valence-electron chi connectivity index (χ4n) is 1.89. The van der Waals surface area contributed by atoms with Crippen molar-refractivity contribution in [3.8, 4) is 0 Å². The van der Waals surface area contributed by atoms with E-state index in [-0.39, 0.29) is 31.2 Å². The number of hydrogen-bond acceptors (Lipinski definition) is 4. The number of rotatable bonds is 5. The minimum atomic E-state index is -4.68. The van der Waals surface area contributed by atoms with Gasteiger partial charge < -0.3 is 15.1 Å². The normalized spacial score (nSPS) is 18.9. The number of carbonyl (C=O) groups is 2. The third-order valence-electron chi connectivity index (χ3n) is 3.16. The Labute approximate surface area is 118 Å². The van der Waals surface area contributed by atoms with Crippen molar-refractivity contribution in [2.24, 2.45) is 0 Å². The van der Waals surface area contributed by atoms with E-state index >= 15 is 0 Å². The molecular formula is C11H16F3NO4S. The van der Waals surface area contributed by atoms with Gasteiger partial charge in [0.15, 0.2) is 5.60 Å². The zero-order valence-electron chi connectivity index (χ0n) is 10.7. The van der Waals surface area contributed by atoms with Crippen molar-refractivity contribution in [3.05, 3.63) is 0 Å². The zero-order chi connectivity index (χ0) is 15.4. The van der Waals surface area contributed by atoms with Crippen molar-refractivity contribution in [1.29, 1.82) is 0 Å². The summed E-state index contributed by atoms with van der Waals surface area (Å²) >= 11 is 1.08. The van der Waals surface area contributed by atoms with Gasteiger partial charge in [0.05, 0.1) is 5.75 Å². The minimum absolute atomic E-state index is 0.0857. The minimum Gasteiger partial charge on any atom is -0.481 e. The van der Waals surface area contributed by atoms with Crippen LogP contribution in [0.5, 0.6) is 0 Å². The lowest BCUT2D eigenvalue weighted by molar-refractivity contribution is -0.272. The van der Waals surface area contributed by atoms with Crippen LogP contribution in [0.1, 0.15) is 19.3 Å². The van der Waals surface area contributed by atoms with E-state index in [2.05, 4.69) is 0 Å². The quantitative estimate of drug-likeness (QED) is 0.743. The summed E-state index contributed by atoms with van der Waals surface area (Å²) in [6.07, 6.45) is -5.64. The molecule has 0 unspecified atom stereocenters. The Morgan fingerprint density at radius 1 is 1.25 bits per heavy atom. The van der Waals surface area contributed by atoms with Gasteiger partial charge in [-0.2, -0.15) is 13.2 Å². The molecule has 1 fully saturated rings. The van der Waals surface area contributed by atoms with Gasteiger partial charge in [0.25, 0.3) is 0 Å². The molecule has 0 bridgehead atoms. The molecule has 1 saturated heterocycles. The van der Waals surface area contributed by atoms with Crippen molar-refractivity contribution in [1.82, 2.24) is 4.90 Å². The number of aliphatic carboxylic acids is 1. The van der Waals surface area contributed by atoms with Crippen LogP contribution in [0.2, 0.25) is 0 Å². The van der Waals surface area contributed by atoms with Crippen LogP contribution in [0.3, 0.4) is 0 Å². The van der Waals surface area contributed by atoms with Crippen LogP contribution >= 0.6 is 11.8 Å². The Morgan fingerprint density at radius 3 is 2.25 bits per heavy atom. The summed E-state index contributed by atoms with van der Waals surface area (Å²) in [5.74, 6) is -1.09. The first kappa shape index (κ1) is 17.1. The summed E-state index contributed by atoms with van der Waals surface area (Å²) in [6.45, 7) is -0.281. The summed E-state index contributed by atoms with van der Waals surface area (Å²) in [6, 6.07) is 0. The second kappa shape index (κ2) is 6.66. The summed E-state index contributed by atoms with van der Waals surface area (Å²) in [5.41, 5.74) is -2.71. The van der Waals surface area contributed by atoms with Gasteiger partial charge in [-0.1, -0.05) is 0 Å². The Balaban J connectivity index is 2.34. The van der Waals surface area contributed by atoms with E-state index in [1.165, 1.54) is 4.90 Å². The first-order chi connectivity index (χ1) is 9.16. The maximum Gasteiger partial charge on any atom is 0.417 e. The lowest BCUT2D eigenvalue weighted by Gasteiger charge is -2.39. The Bertz CT molecular complexity index is 367. The molecule has 2 N–H and O–H groups in total. The van der Waals surface area contributed by atoms with Crippen LogP contribution in [0, 0.1) is 0 Å². The Kier molecular flexibility index (Phi) is 5.69. The summed E-state index contributed by atoms with van der Waals surface area (Å²) in [5, 5.41) is 17.9. The average molecular weight is 315 g/mol. The molecule has 0 aromatic rings. The van der Waals surface area contributed by atoms with Crippen molar-refractivity contribution in [2.75, 3.05) is 24.6 Å². The Morgan fingerprint density at radius 2 is 1.80 bits per heavy atom. The highest BCUT2D eigenvalue weighted by atomic mass is 32.2. The van der Waals surface area contributed by atoms with Crippen LogP contribution in [0.25, 0.3) is 0 Å². The number of aliphatic hydroxyl groups is 1. The number of carboxylic acid groups (broad SMARTS) is 1. The number of carbonyl (C=O) groups excluding carboxylic acids is 1. The number of carboxylic acids is 1. The van der Waals surface area contributed by atoms with Crippen LogP contribution in [-0.2, 0) is 9.59 Å². The van der Waals surface area contributed by atoms with Crippen molar-refractivity contribution in [3.63, 3.8) is 0 Å². The van der Waals surface area contributed by atoms with Gasteiger partial charge in [-0.15, -0.1) is 11.8 Å². The molecule has 1 rings (SSSR count). The second-order valence-corrected chi connectivity index (χ2v) is 5.71. The van der Waals surface area contributed by atoms with Crippen LogP contribution in [-0.4, -0.2) is 63.4 Å². The largest absolute Gasteiger partial charge is 0.481 e. The maximum atomic E-state index is 12.6. The molecule has 0 aromatic carbocycles. The van der Waals surface area contributed by atoms with Gasteiger partial charge in [-0.05, 0) is 0 Å². The fourth-order valence-corrected chi connectivity index (χ4v) is 2.52. The Hall–Kier alpha value is -0.960. The molecule has 116 valence electrons. The van der Waals surface area contributed by atoms with Crippen LogP contribution in [0.4, 0.5) is 13.2 Å². The number of thioether (sulfide) groups is 1. The number of likely N-dealkylation sites (tertiary alicyclic amines) is 1. The second-order valence-electron chi connectivity index (χ2n) is 4.61. The van der Waals surface area contributed by atoms with E-state index in [1.54, 1.807) is 0 Å². The molecular weight excluding hydrogens is 299 g/mol. The number of halogens is 3. The summed E-state index contributed by atoms with van der Waals surface area (Å²) in [7, 11) is 0. The fraction of sp³-hybridized carbons (Fsp3) is 0.818. The highest BCUT2D eigenvalue weighted by Crippen LogP contribution is 2.38. The van der Waals surface area contributed by atoms with Gasteiger partial charge in [0.1, 0.15) is 0 Å². The van der Waals surface area contributed by atoms with Gasteiger partial charge >= 0.3 is 12.1 Å². The van der Waals surface area contributed by atoms with Crippen molar-refractivity contribution < 1.29 is 33.0 Å². The molecule has 1 amide bonds. The molecule has 0 radical (unpaired) electrons. The number of nitrogens with zero attached hydrogens (tertiary/aromatic N) is 1. The molecule has 0 spiro atoms. The third kappa shape index (κ3) is 4.55. The highest BCUT2D eigenvalue weighted by Gasteiger charge is 2.54. The SMILES string of the molecule is O=C(O)CSCCC(=O)N1CCC(O)(C(F)(F)F)CC1. The lowest BCUT2D eigenvalue weighted by atomic mass is 9.90. The molecule has 1 aliphatic heterocycles. The molecule has 0 atom stereocenters. The van der Waals surface area contributed by atoms with Gasteiger partial charge in [0.2, 0.25) is 5.91 Å². The molecule has 20 heavy (non-hydrogen) atoms. The number of alkyl halides is 3. The predicted molar refractivity (Wildman–Crippen MR) is 66.4 cm³/mol. The summed E-state index contributed by atoms with van der Waals surface area (Å²) < 4.78 is 37.7. The molecule has 0 aliphatic carbocycles. The summed E-state index contributed by atoms with van der Waals surface area (Å²) in [4.78, 5) is 23.2. The van der Waals surface area contributed by atoms with E-state index in [1.807, 2.05) is 0 Å². The first-order valence-corrected chi connectivity index (χ1v) is 7.17. The van der Waals surface area contributed by atoms with E-state index in [0.29, 0.717) is 5.75 Å². The molecule has 9 heteroatoms. The van der Waals surface area contributed by atoms with E-state index < -0.39 is 30.6 Å². The number of amides is 1. The van der Waals surface area contributed by atoms with Crippen molar-refractivity contribution >= 4 is 23.6 Å². The molecule has 5 nitrogen and oxygen atoms in total. The first-order valence-electron chi connectivity index (χ1n) is 6.02. The van der Waals surface area contributed by atoms with E-state index in [0.717, 1.165) is 11.8 Å². The van der Waals surface area contributed by atoms with Gasteiger partial charge in [-0.25, -0.2) is 0 Å². The van der Waals surface area contributed by atoms with Crippen LogP contribution in [0.15, 0.2) is 0 Å².